The van der Waals surface area contributed by atoms with E-state index in [-0.39, 0.29) is 5.91 Å². The normalized spacial score (nSPS) is 10.5. The second-order valence-corrected chi connectivity index (χ2v) is 4.84. The zero-order valence-corrected chi connectivity index (χ0v) is 11.7. The molecule has 0 aliphatic carbocycles. The lowest BCUT2D eigenvalue weighted by atomic mass is 10.1. The van der Waals surface area contributed by atoms with Crippen LogP contribution in [-0.2, 0) is 4.79 Å². The maximum Gasteiger partial charge on any atom is 0.247 e. The third kappa shape index (κ3) is 2.43. The lowest BCUT2D eigenvalue weighted by Gasteiger charge is -2.04. The fraction of sp³-hybridized carbons (Fsp3) is 0.0588. The van der Waals surface area contributed by atoms with E-state index in [1.54, 1.807) is 0 Å². The van der Waals surface area contributed by atoms with Crippen molar-refractivity contribution in [3.05, 3.63) is 60.7 Å². The number of anilines is 1. The summed E-state index contributed by atoms with van der Waals surface area (Å²) in [6.07, 6.45) is 1.25. The van der Waals surface area contributed by atoms with Gasteiger partial charge in [-0.3, -0.25) is 9.89 Å². The SMILES string of the molecule is C=CC(=O)Nc1cccc(-c2n[nH]c3c(C)cccc23)c1. The van der Waals surface area contributed by atoms with Gasteiger partial charge >= 0.3 is 0 Å². The zero-order valence-electron chi connectivity index (χ0n) is 11.7. The van der Waals surface area contributed by atoms with Crippen LogP contribution in [0.3, 0.4) is 0 Å². The van der Waals surface area contributed by atoms with E-state index in [1.165, 1.54) is 6.08 Å². The van der Waals surface area contributed by atoms with Gasteiger partial charge in [-0.1, -0.05) is 36.9 Å². The Morgan fingerprint density at radius 2 is 2.10 bits per heavy atom. The van der Waals surface area contributed by atoms with Gasteiger partial charge in [0, 0.05) is 16.6 Å². The van der Waals surface area contributed by atoms with Crippen LogP contribution in [0.15, 0.2) is 55.1 Å². The smallest absolute Gasteiger partial charge is 0.247 e. The summed E-state index contributed by atoms with van der Waals surface area (Å²) < 4.78 is 0. The predicted octanol–water partition coefficient (Wildman–Crippen LogP) is 3.66. The van der Waals surface area contributed by atoms with Crippen LogP contribution in [0.4, 0.5) is 5.69 Å². The van der Waals surface area contributed by atoms with Gasteiger partial charge in [-0.25, -0.2) is 0 Å². The zero-order chi connectivity index (χ0) is 14.8. The molecule has 1 amide bonds. The van der Waals surface area contributed by atoms with Crippen molar-refractivity contribution in [2.24, 2.45) is 0 Å². The first kappa shape index (κ1) is 13.1. The van der Waals surface area contributed by atoms with Gasteiger partial charge < -0.3 is 5.32 Å². The lowest BCUT2D eigenvalue weighted by Crippen LogP contribution is -2.06. The maximum atomic E-state index is 11.4. The Hall–Kier alpha value is -2.88. The van der Waals surface area contributed by atoms with E-state index in [2.05, 4.69) is 22.1 Å². The number of aromatic amines is 1. The average Bonchev–Trinajstić information content (AvgIpc) is 2.93. The molecule has 104 valence electrons. The summed E-state index contributed by atoms with van der Waals surface area (Å²) >= 11 is 0. The maximum absolute atomic E-state index is 11.4. The van der Waals surface area contributed by atoms with Crippen LogP contribution in [0.2, 0.25) is 0 Å². The minimum Gasteiger partial charge on any atom is -0.323 e. The molecule has 0 aliphatic rings. The first-order valence-corrected chi connectivity index (χ1v) is 6.66. The van der Waals surface area contributed by atoms with Crippen LogP contribution in [0.5, 0.6) is 0 Å². The topological polar surface area (TPSA) is 57.8 Å². The van der Waals surface area contributed by atoms with Gasteiger partial charge in [0.1, 0.15) is 0 Å². The number of H-pyrrole nitrogens is 1. The van der Waals surface area contributed by atoms with E-state index in [0.29, 0.717) is 0 Å². The highest BCUT2D eigenvalue weighted by Crippen LogP contribution is 2.29. The van der Waals surface area contributed by atoms with E-state index in [9.17, 15) is 4.79 Å². The number of hydrogen-bond acceptors (Lipinski definition) is 2. The highest BCUT2D eigenvalue weighted by atomic mass is 16.1. The minimum absolute atomic E-state index is 0.227. The first-order valence-electron chi connectivity index (χ1n) is 6.66. The van der Waals surface area contributed by atoms with E-state index in [0.717, 1.165) is 33.4 Å². The van der Waals surface area contributed by atoms with E-state index in [1.807, 2.05) is 49.4 Å². The Morgan fingerprint density at radius 1 is 1.29 bits per heavy atom. The average molecular weight is 277 g/mol. The number of para-hydroxylation sites is 1. The number of aryl methyl sites for hydroxylation is 1. The molecule has 1 aromatic heterocycles. The molecule has 0 unspecified atom stereocenters. The van der Waals surface area contributed by atoms with Gasteiger partial charge in [0.15, 0.2) is 0 Å². The monoisotopic (exact) mass is 277 g/mol. The van der Waals surface area contributed by atoms with Gasteiger partial charge in [0.2, 0.25) is 5.91 Å². The number of hydrogen-bond donors (Lipinski definition) is 2. The van der Waals surface area contributed by atoms with E-state index < -0.39 is 0 Å². The third-order valence-electron chi connectivity index (χ3n) is 3.40. The summed E-state index contributed by atoms with van der Waals surface area (Å²) in [5, 5.41) is 11.3. The molecule has 1 heterocycles. The van der Waals surface area contributed by atoms with Gasteiger partial charge in [-0.05, 0) is 30.7 Å². The summed E-state index contributed by atoms with van der Waals surface area (Å²) in [5.74, 6) is -0.227. The molecule has 2 N–H and O–H groups in total. The largest absolute Gasteiger partial charge is 0.323 e. The van der Waals surface area contributed by atoms with Crippen LogP contribution >= 0.6 is 0 Å². The molecular weight excluding hydrogens is 262 g/mol. The Kier molecular flexibility index (Phi) is 3.28. The van der Waals surface area contributed by atoms with Crippen LogP contribution in [-0.4, -0.2) is 16.1 Å². The molecule has 0 atom stereocenters. The fourth-order valence-electron chi connectivity index (χ4n) is 2.34. The van der Waals surface area contributed by atoms with E-state index in [4.69, 9.17) is 0 Å². The molecule has 0 aliphatic heterocycles. The minimum atomic E-state index is -0.227. The number of fused-ring (bicyclic) bond motifs is 1. The number of benzene rings is 2. The molecule has 3 rings (SSSR count). The number of carbonyl (C=O) groups is 1. The Morgan fingerprint density at radius 3 is 2.90 bits per heavy atom. The molecule has 0 radical (unpaired) electrons. The van der Waals surface area contributed by atoms with Crippen LogP contribution < -0.4 is 5.32 Å². The molecule has 21 heavy (non-hydrogen) atoms. The number of nitrogens with zero attached hydrogens (tertiary/aromatic N) is 1. The summed E-state index contributed by atoms with van der Waals surface area (Å²) in [5.41, 5.74) is 4.74. The van der Waals surface area contributed by atoms with Crippen molar-refractivity contribution >= 4 is 22.5 Å². The Labute approximate surface area is 122 Å². The molecular formula is C17H15N3O. The van der Waals surface area contributed by atoms with Crippen molar-refractivity contribution in [3.8, 4) is 11.3 Å². The molecule has 2 aromatic carbocycles. The summed E-state index contributed by atoms with van der Waals surface area (Å²) in [6.45, 7) is 5.50. The first-order chi connectivity index (χ1) is 10.2. The quantitative estimate of drug-likeness (QED) is 0.718. The summed E-state index contributed by atoms with van der Waals surface area (Å²) in [6, 6.07) is 13.7. The number of carbonyl (C=O) groups excluding carboxylic acids is 1. The number of amides is 1. The Balaban J connectivity index is 2.07. The molecule has 0 saturated heterocycles. The van der Waals surface area contributed by atoms with Crippen molar-refractivity contribution in [1.82, 2.24) is 10.2 Å². The summed E-state index contributed by atoms with van der Waals surface area (Å²) in [4.78, 5) is 11.4. The Bertz CT molecular complexity index is 833. The molecule has 0 saturated carbocycles. The third-order valence-corrected chi connectivity index (χ3v) is 3.40. The highest BCUT2D eigenvalue weighted by Gasteiger charge is 2.10. The van der Waals surface area contributed by atoms with E-state index >= 15 is 0 Å². The second-order valence-electron chi connectivity index (χ2n) is 4.84. The van der Waals surface area contributed by atoms with Gasteiger partial charge in [0.25, 0.3) is 0 Å². The molecule has 0 spiro atoms. The van der Waals surface area contributed by atoms with Crippen molar-refractivity contribution in [2.75, 3.05) is 5.32 Å². The van der Waals surface area contributed by atoms with Gasteiger partial charge in [0.05, 0.1) is 11.2 Å². The molecule has 4 nitrogen and oxygen atoms in total. The number of nitrogens with one attached hydrogen (secondary N) is 2. The van der Waals surface area contributed by atoms with Crippen LogP contribution in [0.1, 0.15) is 5.56 Å². The van der Waals surface area contributed by atoms with Crippen molar-refractivity contribution in [1.29, 1.82) is 0 Å². The van der Waals surface area contributed by atoms with Crippen molar-refractivity contribution in [3.63, 3.8) is 0 Å². The van der Waals surface area contributed by atoms with Crippen LogP contribution in [0.25, 0.3) is 22.2 Å². The molecule has 3 aromatic rings. The molecule has 0 bridgehead atoms. The van der Waals surface area contributed by atoms with Crippen molar-refractivity contribution < 1.29 is 4.79 Å². The lowest BCUT2D eigenvalue weighted by molar-refractivity contribution is -0.111. The number of rotatable bonds is 3. The second kappa shape index (κ2) is 5.25. The van der Waals surface area contributed by atoms with Crippen molar-refractivity contribution in [2.45, 2.75) is 6.92 Å². The van der Waals surface area contributed by atoms with Gasteiger partial charge in [-0.2, -0.15) is 5.10 Å². The molecule has 0 fully saturated rings. The predicted molar refractivity (Wildman–Crippen MR) is 85.1 cm³/mol. The fourth-order valence-corrected chi connectivity index (χ4v) is 2.34. The standard InChI is InChI=1S/C17H15N3O/c1-3-15(21)18-13-8-5-7-12(10-13)17-14-9-4-6-11(2)16(14)19-20-17/h3-10H,1H2,2H3,(H,18,21)(H,19,20). The highest BCUT2D eigenvalue weighted by molar-refractivity contribution is 6.00. The van der Waals surface area contributed by atoms with Gasteiger partial charge in [-0.15, -0.1) is 0 Å². The van der Waals surface area contributed by atoms with Crippen LogP contribution in [0, 0.1) is 6.92 Å². The number of aromatic nitrogens is 2. The molecule has 4 heteroatoms. The summed E-state index contributed by atoms with van der Waals surface area (Å²) in [7, 11) is 0.